The van der Waals surface area contributed by atoms with Crippen LogP contribution in [0.4, 0.5) is 0 Å². The Kier molecular flexibility index (Phi) is 6.13. The van der Waals surface area contributed by atoms with Gasteiger partial charge in [0.2, 0.25) is 0 Å². The molecule has 0 saturated heterocycles. The van der Waals surface area contributed by atoms with Crippen molar-refractivity contribution in [2.45, 2.75) is 33.1 Å². The van der Waals surface area contributed by atoms with Gasteiger partial charge in [-0.25, -0.2) is 0 Å². The molecule has 2 heteroatoms. The lowest BCUT2D eigenvalue weighted by molar-refractivity contribution is -0.108. The van der Waals surface area contributed by atoms with Crippen molar-refractivity contribution in [3.05, 3.63) is 0 Å². The van der Waals surface area contributed by atoms with Crippen LogP contribution < -0.4 is 5.73 Å². The molecule has 2 N–H and O–H groups in total. The van der Waals surface area contributed by atoms with Gasteiger partial charge in [-0.05, 0) is 31.2 Å². The second-order valence-electron chi connectivity index (χ2n) is 3.34. The van der Waals surface area contributed by atoms with Crippen LogP contribution in [-0.2, 0) is 4.79 Å². The summed E-state index contributed by atoms with van der Waals surface area (Å²) in [6, 6.07) is 0. The largest absolute Gasteiger partial charge is 0.330 e. The minimum atomic E-state index is 0.593. The van der Waals surface area contributed by atoms with Crippen molar-refractivity contribution in [2.75, 3.05) is 6.54 Å². The van der Waals surface area contributed by atoms with Crippen LogP contribution in [0.5, 0.6) is 0 Å². The van der Waals surface area contributed by atoms with Crippen LogP contribution in [-0.4, -0.2) is 12.8 Å². The molecule has 0 spiro atoms. The summed E-state index contributed by atoms with van der Waals surface area (Å²) in [6.45, 7) is 5.10. The minimum Gasteiger partial charge on any atom is -0.330 e. The maximum atomic E-state index is 10.0. The highest BCUT2D eigenvalue weighted by Gasteiger charge is 2.09. The summed E-state index contributed by atoms with van der Waals surface area (Å²) in [5.74, 6) is 1.24. The maximum absolute atomic E-state index is 10.0. The Labute approximate surface area is 69.2 Å². The van der Waals surface area contributed by atoms with E-state index in [1.807, 2.05) is 0 Å². The SMILES string of the molecule is CC(C)C(CN)CCCC=O. The van der Waals surface area contributed by atoms with Gasteiger partial charge in [0.05, 0.1) is 0 Å². The first-order valence-corrected chi connectivity index (χ1v) is 4.36. The zero-order valence-electron chi connectivity index (χ0n) is 7.55. The van der Waals surface area contributed by atoms with Crippen LogP contribution in [0, 0.1) is 11.8 Å². The molecule has 0 rings (SSSR count). The number of carbonyl (C=O) groups excluding carboxylic acids is 1. The van der Waals surface area contributed by atoms with Gasteiger partial charge in [0.1, 0.15) is 6.29 Å². The molecule has 0 aliphatic carbocycles. The van der Waals surface area contributed by atoms with Gasteiger partial charge in [-0.1, -0.05) is 13.8 Å². The molecule has 11 heavy (non-hydrogen) atoms. The fourth-order valence-corrected chi connectivity index (χ4v) is 1.19. The summed E-state index contributed by atoms with van der Waals surface area (Å²) < 4.78 is 0. The van der Waals surface area contributed by atoms with Crippen LogP contribution in [0.15, 0.2) is 0 Å². The van der Waals surface area contributed by atoms with Gasteiger partial charge in [-0.2, -0.15) is 0 Å². The van der Waals surface area contributed by atoms with Gasteiger partial charge in [0, 0.05) is 6.42 Å². The van der Waals surface area contributed by atoms with E-state index in [1.165, 1.54) is 0 Å². The van der Waals surface area contributed by atoms with Gasteiger partial charge in [-0.15, -0.1) is 0 Å². The Bertz CT molecular complexity index is 102. The van der Waals surface area contributed by atoms with E-state index in [0.29, 0.717) is 18.3 Å². The number of carbonyl (C=O) groups is 1. The fourth-order valence-electron chi connectivity index (χ4n) is 1.19. The normalized spacial score (nSPS) is 13.5. The monoisotopic (exact) mass is 157 g/mol. The van der Waals surface area contributed by atoms with Crippen LogP contribution in [0.25, 0.3) is 0 Å². The third-order valence-electron chi connectivity index (χ3n) is 2.14. The predicted octanol–water partition coefficient (Wildman–Crippen LogP) is 1.59. The maximum Gasteiger partial charge on any atom is 0.119 e. The van der Waals surface area contributed by atoms with Gasteiger partial charge in [0.25, 0.3) is 0 Å². The molecule has 0 aliphatic heterocycles. The average molecular weight is 157 g/mol. The lowest BCUT2D eigenvalue weighted by atomic mass is 9.91. The quantitative estimate of drug-likeness (QED) is 0.470. The summed E-state index contributed by atoms with van der Waals surface area (Å²) in [5, 5.41) is 0. The number of hydrogen-bond acceptors (Lipinski definition) is 2. The number of rotatable bonds is 6. The van der Waals surface area contributed by atoms with Gasteiger partial charge < -0.3 is 10.5 Å². The second kappa shape index (κ2) is 6.35. The summed E-state index contributed by atoms with van der Waals surface area (Å²) in [6.07, 6.45) is 3.74. The number of aldehydes is 1. The summed E-state index contributed by atoms with van der Waals surface area (Å²) >= 11 is 0. The lowest BCUT2D eigenvalue weighted by Gasteiger charge is -2.17. The van der Waals surface area contributed by atoms with Crippen molar-refractivity contribution < 1.29 is 4.79 Å². The van der Waals surface area contributed by atoms with Crippen molar-refractivity contribution in [3.63, 3.8) is 0 Å². The molecule has 0 saturated carbocycles. The van der Waals surface area contributed by atoms with Crippen molar-refractivity contribution in [3.8, 4) is 0 Å². The molecule has 0 bridgehead atoms. The Balaban J connectivity index is 3.43. The van der Waals surface area contributed by atoms with E-state index in [-0.39, 0.29) is 0 Å². The summed E-state index contributed by atoms with van der Waals surface area (Å²) in [7, 11) is 0. The van der Waals surface area contributed by atoms with E-state index in [2.05, 4.69) is 13.8 Å². The zero-order chi connectivity index (χ0) is 8.69. The molecule has 0 aromatic carbocycles. The first kappa shape index (κ1) is 10.6. The highest BCUT2D eigenvalue weighted by molar-refractivity contribution is 5.48. The highest BCUT2D eigenvalue weighted by Crippen LogP contribution is 2.15. The molecule has 0 amide bonds. The lowest BCUT2D eigenvalue weighted by Crippen LogP contribution is -2.19. The molecular formula is C9H19NO. The molecule has 1 atom stereocenters. The second-order valence-corrected chi connectivity index (χ2v) is 3.34. The molecule has 0 heterocycles. The van der Waals surface area contributed by atoms with E-state index in [0.717, 1.165) is 25.7 Å². The van der Waals surface area contributed by atoms with E-state index < -0.39 is 0 Å². The third kappa shape index (κ3) is 4.96. The Morgan fingerprint density at radius 3 is 2.45 bits per heavy atom. The smallest absolute Gasteiger partial charge is 0.119 e. The molecule has 1 unspecified atom stereocenters. The van der Waals surface area contributed by atoms with E-state index in [4.69, 9.17) is 5.73 Å². The van der Waals surface area contributed by atoms with Gasteiger partial charge in [0.15, 0.2) is 0 Å². The third-order valence-corrected chi connectivity index (χ3v) is 2.14. The number of hydrogen-bond donors (Lipinski definition) is 1. The fraction of sp³-hybridized carbons (Fsp3) is 0.889. The molecule has 0 aliphatic rings. The van der Waals surface area contributed by atoms with E-state index >= 15 is 0 Å². The Hall–Kier alpha value is -0.370. The van der Waals surface area contributed by atoms with Crippen LogP contribution in [0.1, 0.15) is 33.1 Å². The van der Waals surface area contributed by atoms with Crippen molar-refractivity contribution >= 4 is 6.29 Å². The predicted molar refractivity (Wildman–Crippen MR) is 47.3 cm³/mol. The molecule has 0 aromatic heterocycles. The topological polar surface area (TPSA) is 43.1 Å². The highest BCUT2D eigenvalue weighted by atomic mass is 16.1. The first-order valence-electron chi connectivity index (χ1n) is 4.36. The molecule has 2 nitrogen and oxygen atoms in total. The zero-order valence-corrected chi connectivity index (χ0v) is 7.55. The van der Waals surface area contributed by atoms with Gasteiger partial charge in [-0.3, -0.25) is 0 Å². The van der Waals surface area contributed by atoms with Crippen LogP contribution in [0.2, 0.25) is 0 Å². The summed E-state index contributed by atoms with van der Waals surface area (Å²) in [5.41, 5.74) is 5.57. The van der Waals surface area contributed by atoms with Crippen LogP contribution in [0.3, 0.4) is 0 Å². The number of nitrogens with two attached hydrogens (primary N) is 1. The average Bonchev–Trinajstić information content (AvgIpc) is 1.97. The summed E-state index contributed by atoms with van der Waals surface area (Å²) in [4.78, 5) is 10.0. The number of unbranched alkanes of at least 4 members (excludes halogenated alkanes) is 1. The molecule has 0 aromatic rings. The van der Waals surface area contributed by atoms with E-state index in [1.54, 1.807) is 0 Å². The minimum absolute atomic E-state index is 0.593. The standard InChI is InChI=1S/C9H19NO/c1-8(2)9(7-10)5-3-4-6-11/h6,8-9H,3-5,7,10H2,1-2H3. The Morgan fingerprint density at radius 2 is 2.09 bits per heavy atom. The Morgan fingerprint density at radius 1 is 1.45 bits per heavy atom. The molecule has 0 radical (unpaired) electrons. The van der Waals surface area contributed by atoms with Crippen molar-refractivity contribution in [1.29, 1.82) is 0 Å². The first-order chi connectivity index (χ1) is 5.22. The molecule has 66 valence electrons. The van der Waals surface area contributed by atoms with E-state index in [9.17, 15) is 4.79 Å². The van der Waals surface area contributed by atoms with Crippen molar-refractivity contribution in [2.24, 2.45) is 17.6 Å². The van der Waals surface area contributed by atoms with Crippen LogP contribution >= 0.6 is 0 Å². The van der Waals surface area contributed by atoms with Crippen molar-refractivity contribution in [1.82, 2.24) is 0 Å². The molecular weight excluding hydrogens is 138 g/mol. The molecule has 0 fully saturated rings. The van der Waals surface area contributed by atoms with Gasteiger partial charge >= 0.3 is 0 Å².